The van der Waals surface area contributed by atoms with Crippen molar-refractivity contribution in [2.24, 2.45) is 0 Å². The number of phosphoric ester groups is 2. The molecule has 102 heavy (non-hydrogen) atoms. The number of esters is 4. The molecule has 17 nitrogen and oxygen atoms in total. The highest BCUT2D eigenvalue weighted by atomic mass is 31.2. The number of hydrogen-bond acceptors (Lipinski definition) is 15. The minimum Gasteiger partial charge on any atom is -0.462 e. The summed E-state index contributed by atoms with van der Waals surface area (Å²) in [7, 11) is -9.93. The van der Waals surface area contributed by atoms with Crippen molar-refractivity contribution in [3.05, 3.63) is 12.2 Å². The average molecular weight is 1490 g/mol. The Labute approximate surface area is 625 Å². The van der Waals surface area contributed by atoms with Crippen LogP contribution in [-0.4, -0.2) is 96.7 Å². The summed E-state index contributed by atoms with van der Waals surface area (Å²) in [5.74, 6) is -2.12. The molecule has 0 aliphatic carbocycles. The lowest BCUT2D eigenvalue weighted by molar-refractivity contribution is -0.161. The van der Waals surface area contributed by atoms with Crippen LogP contribution in [0.15, 0.2) is 12.2 Å². The summed E-state index contributed by atoms with van der Waals surface area (Å²) in [6.07, 6.45) is 71.7. The van der Waals surface area contributed by atoms with Gasteiger partial charge in [0.25, 0.3) is 0 Å². The summed E-state index contributed by atoms with van der Waals surface area (Å²) < 4.78 is 68.8. The highest BCUT2D eigenvalue weighted by Crippen LogP contribution is 2.45. The van der Waals surface area contributed by atoms with E-state index in [-0.39, 0.29) is 25.7 Å². The lowest BCUT2D eigenvalue weighted by Gasteiger charge is -2.21. The van der Waals surface area contributed by atoms with E-state index in [1.165, 1.54) is 257 Å². The second-order valence-corrected chi connectivity index (χ2v) is 32.4. The molecule has 0 rings (SSSR count). The molecule has 0 aromatic carbocycles. The van der Waals surface area contributed by atoms with Crippen molar-refractivity contribution in [3.8, 4) is 0 Å². The summed E-state index contributed by atoms with van der Waals surface area (Å²) in [4.78, 5) is 73.2. The summed E-state index contributed by atoms with van der Waals surface area (Å²) >= 11 is 0. The maximum absolute atomic E-state index is 13.1. The zero-order valence-electron chi connectivity index (χ0n) is 66.3. The predicted octanol–water partition coefficient (Wildman–Crippen LogP) is 25.1. The van der Waals surface area contributed by atoms with Gasteiger partial charge in [0.05, 0.1) is 26.4 Å². The molecule has 0 aliphatic heterocycles. The number of carbonyl (C=O) groups excluding carboxylic acids is 4. The normalized spacial score (nSPS) is 13.8. The maximum Gasteiger partial charge on any atom is 0.472 e. The van der Waals surface area contributed by atoms with Crippen molar-refractivity contribution in [1.29, 1.82) is 0 Å². The van der Waals surface area contributed by atoms with Gasteiger partial charge in [-0.2, -0.15) is 0 Å². The Hall–Kier alpha value is -2.20. The van der Waals surface area contributed by atoms with Gasteiger partial charge in [0.1, 0.15) is 19.3 Å². The zero-order chi connectivity index (χ0) is 74.6. The van der Waals surface area contributed by atoms with Crippen molar-refractivity contribution in [2.45, 2.75) is 457 Å². The number of ether oxygens (including phenoxy) is 4. The van der Waals surface area contributed by atoms with Crippen molar-refractivity contribution in [1.82, 2.24) is 0 Å². The molecular weight excluding hydrogens is 1330 g/mol. The molecule has 604 valence electrons. The Kier molecular flexibility index (Phi) is 75.3. The molecule has 0 amide bonds. The van der Waals surface area contributed by atoms with Crippen LogP contribution in [0.25, 0.3) is 0 Å². The molecular formula is C83H160O17P2. The van der Waals surface area contributed by atoms with Crippen LogP contribution in [0.3, 0.4) is 0 Å². The van der Waals surface area contributed by atoms with Crippen LogP contribution >= 0.6 is 15.6 Å². The fourth-order valence-corrected chi connectivity index (χ4v) is 14.3. The van der Waals surface area contributed by atoms with Crippen LogP contribution in [0.5, 0.6) is 0 Å². The first kappa shape index (κ1) is 99.8. The van der Waals surface area contributed by atoms with Gasteiger partial charge in [-0.05, 0) is 51.4 Å². The van der Waals surface area contributed by atoms with E-state index in [4.69, 9.17) is 37.0 Å². The van der Waals surface area contributed by atoms with Gasteiger partial charge < -0.3 is 33.8 Å². The molecule has 0 aromatic rings. The average Bonchev–Trinajstić information content (AvgIpc) is 2.02. The molecule has 5 atom stereocenters. The molecule has 0 fully saturated rings. The Morgan fingerprint density at radius 2 is 0.451 bits per heavy atom. The summed E-state index contributed by atoms with van der Waals surface area (Å²) in [6.45, 7) is 5.02. The first-order chi connectivity index (χ1) is 49.7. The number of aliphatic hydroxyl groups is 1. The number of aliphatic hydroxyl groups excluding tert-OH is 1. The summed E-state index contributed by atoms with van der Waals surface area (Å²) in [5, 5.41) is 10.7. The lowest BCUT2D eigenvalue weighted by Crippen LogP contribution is -2.30. The van der Waals surface area contributed by atoms with E-state index in [0.29, 0.717) is 25.7 Å². The zero-order valence-corrected chi connectivity index (χ0v) is 68.1. The summed E-state index contributed by atoms with van der Waals surface area (Å²) in [5.41, 5.74) is 0. The fourth-order valence-electron chi connectivity index (χ4n) is 12.7. The lowest BCUT2D eigenvalue weighted by atomic mass is 10.0. The molecule has 0 radical (unpaired) electrons. The first-order valence-electron chi connectivity index (χ1n) is 42.9. The van der Waals surface area contributed by atoms with Gasteiger partial charge in [-0.15, -0.1) is 0 Å². The van der Waals surface area contributed by atoms with E-state index >= 15 is 0 Å². The van der Waals surface area contributed by atoms with E-state index in [0.717, 1.165) is 103 Å². The van der Waals surface area contributed by atoms with Gasteiger partial charge in [-0.1, -0.05) is 374 Å². The van der Waals surface area contributed by atoms with Gasteiger partial charge >= 0.3 is 39.5 Å². The van der Waals surface area contributed by atoms with Crippen molar-refractivity contribution < 1.29 is 80.2 Å². The van der Waals surface area contributed by atoms with Crippen molar-refractivity contribution >= 4 is 39.5 Å². The molecule has 0 heterocycles. The van der Waals surface area contributed by atoms with Crippen LogP contribution < -0.4 is 0 Å². The molecule has 0 aliphatic rings. The van der Waals surface area contributed by atoms with E-state index in [9.17, 15) is 43.2 Å². The molecule has 0 bridgehead atoms. The Morgan fingerprint density at radius 3 is 0.676 bits per heavy atom. The van der Waals surface area contributed by atoms with Gasteiger partial charge in [0.2, 0.25) is 0 Å². The van der Waals surface area contributed by atoms with Gasteiger partial charge in [0, 0.05) is 25.7 Å². The largest absolute Gasteiger partial charge is 0.472 e. The third kappa shape index (κ3) is 76.0. The number of hydrogen-bond donors (Lipinski definition) is 3. The smallest absolute Gasteiger partial charge is 0.462 e. The van der Waals surface area contributed by atoms with E-state index < -0.39 is 97.5 Å². The number of carbonyl (C=O) groups is 4. The second kappa shape index (κ2) is 77.0. The third-order valence-electron chi connectivity index (χ3n) is 19.3. The van der Waals surface area contributed by atoms with E-state index in [1.54, 1.807) is 0 Å². The maximum atomic E-state index is 13.1. The van der Waals surface area contributed by atoms with Gasteiger partial charge in [-0.3, -0.25) is 37.3 Å². The minimum absolute atomic E-state index is 0.0954. The minimum atomic E-state index is -4.97. The van der Waals surface area contributed by atoms with Crippen LogP contribution in [0, 0.1) is 0 Å². The first-order valence-corrected chi connectivity index (χ1v) is 45.9. The predicted molar refractivity (Wildman–Crippen MR) is 418 cm³/mol. The summed E-state index contributed by atoms with van der Waals surface area (Å²) in [6, 6.07) is 0. The van der Waals surface area contributed by atoms with Crippen LogP contribution in [0.4, 0.5) is 0 Å². The Bertz CT molecular complexity index is 1980. The van der Waals surface area contributed by atoms with Crippen LogP contribution in [-0.2, 0) is 65.4 Å². The number of phosphoric acid groups is 2. The molecule has 0 saturated heterocycles. The standard InChI is InChI=1S/C83H160O17P2/c1-5-9-13-17-21-25-29-33-37-38-42-44-48-52-56-60-64-68-81(86)94-74-79(100-83(88)70-66-62-58-54-50-46-41-36-32-28-24-20-16-12-8-4)76-98-102(91,92)96-72-77(84)71-95-101(89,90)97-75-78(99-82(87)69-65-61-57-53-49-45-40-35-31-27-23-19-15-11-7-3)73-93-80(85)67-63-59-55-51-47-43-39-34-30-26-22-18-14-10-6-2/h35,40,77-79,84H,5-34,36-39,41-76H2,1-4H3,(H,89,90)(H,91,92)/b40-35-/t77-,78-,79-/m1/s1. The van der Waals surface area contributed by atoms with E-state index in [2.05, 4.69) is 39.8 Å². The molecule has 0 aromatic heterocycles. The van der Waals surface area contributed by atoms with Crippen molar-refractivity contribution in [3.63, 3.8) is 0 Å². The van der Waals surface area contributed by atoms with Crippen LogP contribution in [0.1, 0.15) is 439 Å². The monoisotopic (exact) mass is 1490 g/mol. The van der Waals surface area contributed by atoms with Crippen molar-refractivity contribution in [2.75, 3.05) is 39.6 Å². The SMILES string of the molecule is CCCCCCCC/C=C\CCCCCCCC(=O)O[C@H](COC(=O)CCCCCCCCCCCCCCCCC)COP(=O)(O)OC[C@@H](O)COP(=O)(O)OC[C@@H](COC(=O)CCCCCCCCCCCCCCCCCCC)OC(=O)CCCCCCCCCCCCCCCCC. The van der Waals surface area contributed by atoms with Gasteiger partial charge in [0.15, 0.2) is 12.2 Å². The highest BCUT2D eigenvalue weighted by Gasteiger charge is 2.30. The molecule has 0 saturated carbocycles. The number of unbranched alkanes of at least 4 members (excludes halogenated alkanes) is 55. The highest BCUT2D eigenvalue weighted by molar-refractivity contribution is 7.47. The number of rotatable bonds is 83. The molecule has 19 heteroatoms. The third-order valence-corrected chi connectivity index (χ3v) is 21.2. The van der Waals surface area contributed by atoms with Crippen LogP contribution in [0.2, 0.25) is 0 Å². The number of allylic oxidation sites excluding steroid dienone is 2. The second-order valence-electron chi connectivity index (χ2n) is 29.5. The Balaban J connectivity index is 5.28. The molecule has 3 N–H and O–H groups in total. The molecule has 0 spiro atoms. The van der Waals surface area contributed by atoms with E-state index in [1.807, 2.05) is 0 Å². The fraction of sp³-hybridized carbons (Fsp3) is 0.928. The Morgan fingerprint density at radius 1 is 0.265 bits per heavy atom. The molecule has 2 unspecified atom stereocenters. The van der Waals surface area contributed by atoms with Gasteiger partial charge in [-0.25, -0.2) is 9.13 Å². The quantitative estimate of drug-likeness (QED) is 0.0169. The topological polar surface area (TPSA) is 237 Å².